The Labute approximate surface area is 225 Å². The number of benzene rings is 1. The van der Waals surface area contributed by atoms with Gasteiger partial charge in [0.05, 0.1) is 13.7 Å². The molecule has 1 saturated heterocycles. The predicted octanol–water partition coefficient (Wildman–Crippen LogP) is 4.67. The molecular formula is C30H42N2O6. The maximum absolute atomic E-state index is 12.6. The van der Waals surface area contributed by atoms with Crippen LogP contribution in [0.15, 0.2) is 45.8 Å². The molecule has 0 bridgehead atoms. The zero-order valence-corrected chi connectivity index (χ0v) is 23.3. The van der Waals surface area contributed by atoms with Crippen molar-refractivity contribution in [2.75, 3.05) is 33.3 Å². The van der Waals surface area contributed by atoms with E-state index in [0.717, 1.165) is 44.3 Å². The summed E-state index contributed by atoms with van der Waals surface area (Å²) in [7, 11) is 1.40. The number of methoxy groups -OCH3 is 1. The largest absolute Gasteiger partial charge is 0.482 e. The number of piperazine rings is 1. The van der Waals surface area contributed by atoms with Crippen molar-refractivity contribution in [3.63, 3.8) is 0 Å². The Balaban J connectivity index is 1.37. The van der Waals surface area contributed by atoms with Crippen LogP contribution in [0, 0.1) is 0 Å². The number of carbonyl (C=O) groups is 2. The average Bonchev–Trinajstić information content (AvgIpc) is 2.90. The summed E-state index contributed by atoms with van der Waals surface area (Å²) < 4.78 is 16.1. The molecule has 2 aromatic rings. The number of nitrogens with zero attached hydrogens (tertiary/aromatic N) is 2. The normalized spacial score (nSPS) is 14.4. The second-order valence-electron chi connectivity index (χ2n) is 11.0. The summed E-state index contributed by atoms with van der Waals surface area (Å²) in [6.07, 6.45) is 5.87. The van der Waals surface area contributed by atoms with E-state index in [1.54, 1.807) is 0 Å². The van der Waals surface area contributed by atoms with E-state index in [2.05, 4.69) is 42.5 Å². The van der Waals surface area contributed by atoms with Crippen LogP contribution in [-0.2, 0) is 32.9 Å². The fraction of sp³-hybridized carbons (Fsp3) is 0.567. The van der Waals surface area contributed by atoms with Crippen LogP contribution in [0.3, 0.4) is 0 Å². The Morgan fingerprint density at radius 3 is 2.21 bits per heavy atom. The number of rotatable bonds is 12. The molecule has 3 rings (SSSR count). The van der Waals surface area contributed by atoms with E-state index < -0.39 is 0 Å². The van der Waals surface area contributed by atoms with Crippen molar-refractivity contribution in [3.8, 4) is 5.75 Å². The van der Waals surface area contributed by atoms with Gasteiger partial charge in [0.2, 0.25) is 17.1 Å². The number of hydrogen-bond acceptors (Lipinski definition) is 7. The third-order valence-electron chi connectivity index (χ3n) is 6.92. The van der Waals surface area contributed by atoms with Crippen LogP contribution in [-0.4, -0.2) is 55.0 Å². The molecule has 0 radical (unpaired) electrons. The fourth-order valence-electron chi connectivity index (χ4n) is 4.42. The monoisotopic (exact) mass is 526 g/mol. The second kappa shape index (κ2) is 14.1. The minimum Gasteiger partial charge on any atom is -0.482 e. The van der Waals surface area contributed by atoms with Gasteiger partial charge in [-0.3, -0.25) is 19.3 Å². The number of amides is 1. The van der Waals surface area contributed by atoms with Crippen molar-refractivity contribution in [2.24, 2.45) is 0 Å². The maximum atomic E-state index is 12.6. The van der Waals surface area contributed by atoms with Crippen LogP contribution >= 0.6 is 0 Å². The summed E-state index contributed by atoms with van der Waals surface area (Å²) in [6.45, 7) is 10.1. The summed E-state index contributed by atoms with van der Waals surface area (Å²) >= 11 is 0. The molecule has 1 aromatic carbocycles. The smallest absolute Gasteiger partial charge is 0.305 e. The van der Waals surface area contributed by atoms with Crippen molar-refractivity contribution in [1.82, 2.24) is 9.80 Å². The van der Waals surface area contributed by atoms with E-state index in [-0.39, 0.29) is 28.5 Å². The van der Waals surface area contributed by atoms with Gasteiger partial charge in [-0.15, -0.1) is 0 Å². The Hall–Kier alpha value is -3.13. The third-order valence-corrected chi connectivity index (χ3v) is 6.92. The SMILES string of the molecule is COC(=O)CCCCCCC(=O)N1CCN(Cc2cc(=O)c(OCc3ccc(C(C)(C)C)cc3)co2)CC1. The Bertz CT molecular complexity index is 1090. The highest BCUT2D eigenvalue weighted by Crippen LogP contribution is 2.22. The lowest BCUT2D eigenvalue weighted by atomic mass is 9.87. The first-order valence-corrected chi connectivity index (χ1v) is 13.6. The summed E-state index contributed by atoms with van der Waals surface area (Å²) in [5.41, 5.74) is 2.14. The number of unbranched alkanes of at least 4 members (excludes halogenated alkanes) is 3. The van der Waals surface area contributed by atoms with Gasteiger partial charge in [-0.25, -0.2) is 0 Å². The first kappa shape index (κ1) is 29.4. The molecule has 0 N–H and O–H groups in total. The summed E-state index contributed by atoms with van der Waals surface area (Å²) in [4.78, 5) is 40.3. The topological polar surface area (TPSA) is 89.3 Å². The number of ether oxygens (including phenoxy) is 2. The first-order valence-electron chi connectivity index (χ1n) is 13.6. The van der Waals surface area contributed by atoms with E-state index in [0.29, 0.717) is 44.8 Å². The zero-order valence-electron chi connectivity index (χ0n) is 23.3. The van der Waals surface area contributed by atoms with Crippen LogP contribution in [0.5, 0.6) is 5.75 Å². The van der Waals surface area contributed by atoms with Crippen LogP contribution in [0.4, 0.5) is 0 Å². The standard InChI is InChI=1S/C30H42N2O6/c1-30(2,3)24-13-11-23(12-14-24)21-38-27-22-37-25(19-26(27)33)20-31-15-17-32(18-16-31)28(34)9-7-5-6-8-10-29(35)36-4/h11-14,19,22H,5-10,15-18,20-21H2,1-4H3. The zero-order chi connectivity index (χ0) is 27.5. The highest BCUT2D eigenvalue weighted by atomic mass is 16.5. The minimum absolute atomic E-state index is 0.0902. The molecular weight excluding hydrogens is 484 g/mol. The molecule has 0 atom stereocenters. The molecule has 2 heterocycles. The van der Waals surface area contributed by atoms with Crippen LogP contribution in [0.1, 0.15) is 76.2 Å². The van der Waals surface area contributed by atoms with Crippen LogP contribution < -0.4 is 10.2 Å². The lowest BCUT2D eigenvalue weighted by Gasteiger charge is -2.34. The molecule has 38 heavy (non-hydrogen) atoms. The van der Waals surface area contributed by atoms with Gasteiger partial charge >= 0.3 is 5.97 Å². The highest BCUT2D eigenvalue weighted by Gasteiger charge is 2.21. The van der Waals surface area contributed by atoms with Crippen molar-refractivity contribution < 1.29 is 23.5 Å². The Kier molecular flexibility index (Phi) is 11.0. The minimum atomic E-state index is -0.196. The molecule has 0 aliphatic carbocycles. The van der Waals surface area contributed by atoms with Gasteiger partial charge in [-0.05, 0) is 29.4 Å². The van der Waals surface area contributed by atoms with Crippen LogP contribution in [0.25, 0.3) is 0 Å². The van der Waals surface area contributed by atoms with Gasteiger partial charge < -0.3 is 18.8 Å². The number of esters is 1. The summed E-state index contributed by atoms with van der Waals surface area (Å²) in [6, 6.07) is 9.72. The van der Waals surface area contributed by atoms with Gasteiger partial charge in [0.25, 0.3) is 0 Å². The van der Waals surface area contributed by atoms with Gasteiger partial charge in [0, 0.05) is 45.1 Å². The van der Waals surface area contributed by atoms with E-state index in [1.807, 2.05) is 17.0 Å². The quantitative estimate of drug-likeness (QED) is 0.293. The van der Waals surface area contributed by atoms with E-state index >= 15 is 0 Å². The lowest BCUT2D eigenvalue weighted by Crippen LogP contribution is -2.48. The molecule has 1 amide bonds. The van der Waals surface area contributed by atoms with Crippen molar-refractivity contribution in [2.45, 2.75) is 77.9 Å². The lowest BCUT2D eigenvalue weighted by molar-refractivity contribution is -0.140. The van der Waals surface area contributed by atoms with Gasteiger partial charge in [-0.1, -0.05) is 57.9 Å². The predicted molar refractivity (Wildman–Crippen MR) is 146 cm³/mol. The van der Waals surface area contributed by atoms with Gasteiger partial charge in [-0.2, -0.15) is 0 Å². The van der Waals surface area contributed by atoms with Gasteiger partial charge in [0.1, 0.15) is 18.6 Å². The molecule has 208 valence electrons. The molecule has 1 fully saturated rings. The second-order valence-corrected chi connectivity index (χ2v) is 11.0. The van der Waals surface area contributed by atoms with E-state index in [9.17, 15) is 14.4 Å². The van der Waals surface area contributed by atoms with Crippen molar-refractivity contribution in [1.29, 1.82) is 0 Å². The molecule has 8 nitrogen and oxygen atoms in total. The van der Waals surface area contributed by atoms with Crippen LogP contribution in [0.2, 0.25) is 0 Å². The molecule has 1 aromatic heterocycles. The Morgan fingerprint density at radius 1 is 0.947 bits per heavy atom. The van der Waals surface area contributed by atoms with E-state index in [4.69, 9.17) is 9.15 Å². The molecule has 1 aliphatic heterocycles. The molecule has 1 aliphatic rings. The van der Waals surface area contributed by atoms with Crippen molar-refractivity contribution in [3.05, 3.63) is 63.7 Å². The average molecular weight is 527 g/mol. The number of carbonyl (C=O) groups excluding carboxylic acids is 2. The first-order chi connectivity index (χ1) is 18.2. The number of hydrogen-bond donors (Lipinski definition) is 0. The highest BCUT2D eigenvalue weighted by molar-refractivity contribution is 5.76. The third kappa shape index (κ3) is 9.31. The summed E-state index contributed by atoms with van der Waals surface area (Å²) in [5, 5.41) is 0. The summed E-state index contributed by atoms with van der Waals surface area (Å²) in [5.74, 6) is 0.789. The fourth-order valence-corrected chi connectivity index (χ4v) is 4.42. The maximum Gasteiger partial charge on any atom is 0.305 e. The van der Waals surface area contributed by atoms with E-state index in [1.165, 1.54) is 25.0 Å². The van der Waals surface area contributed by atoms with Gasteiger partial charge in [0.15, 0.2) is 0 Å². The molecule has 0 saturated carbocycles. The Morgan fingerprint density at radius 2 is 1.61 bits per heavy atom. The van der Waals surface area contributed by atoms with Crippen molar-refractivity contribution >= 4 is 11.9 Å². The molecule has 8 heteroatoms. The molecule has 0 unspecified atom stereocenters. The molecule has 0 spiro atoms.